The molecular formula is C27H27F3N2O3. The maximum atomic E-state index is 14.6. The van der Waals surface area contributed by atoms with Crippen LogP contribution in [-0.2, 0) is 11.2 Å². The molecular weight excluding hydrogens is 457 g/mol. The highest BCUT2D eigenvalue weighted by Gasteiger charge is 2.43. The van der Waals surface area contributed by atoms with E-state index in [-0.39, 0.29) is 5.56 Å². The Hall–Kier alpha value is -3.39. The molecule has 1 aromatic heterocycles. The number of nitrogens with zero attached hydrogens (tertiary/aromatic N) is 2. The maximum absolute atomic E-state index is 14.6. The number of rotatable bonds is 9. The van der Waals surface area contributed by atoms with Gasteiger partial charge in [-0.1, -0.05) is 12.2 Å². The Bertz CT molecular complexity index is 1260. The lowest BCUT2D eigenvalue weighted by molar-refractivity contribution is -0.148. The number of halogens is 3. The quantitative estimate of drug-likeness (QED) is 0.436. The molecule has 0 amide bonds. The summed E-state index contributed by atoms with van der Waals surface area (Å²) in [4.78, 5) is 18.3. The third kappa shape index (κ3) is 5.48. The van der Waals surface area contributed by atoms with Crippen LogP contribution in [0.5, 0.6) is 5.75 Å². The summed E-state index contributed by atoms with van der Waals surface area (Å²) < 4.78 is 47.0. The first-order valence-electron chi connectivity index (χ1n) is 11.5. The second-order valence-corrected chi connectivity index (χ2v) is 8.96. The molecule has 1 N–H and O–H groups in total. The van der Waals surface area contributed by atoms with Crippen molar-refractivity contribution in [1.29, 1.82) is 0 Å². The van der Waals surface area contributed by atoms with Crippen molar-refractivity contribution in [3.8, 4) is 5.75 Å². The number of hydrogen-bond acceptors (Lipinski definition) is 4. The Morgan fingerprint density at radius 2 is 2.03 bits per heavy atom. The van der Waals surface area contributed by atoms with E-state index in [0.717, 1.165) is 18.2 Å². The Balaban J connectivity index is 1.41. The van der Waals surface area contributed by atoms with Crippen LogP contribution in [0.1, 0.15) is 30.4 Å². The van der Waals surface area contributed by atoms with Gasteiger partial charge in [0.2, 0.25) is 0 Å². The summed E-state index contributed by atoms with van der Waals surface area (Å²) in [6.45, 7) is 1.34. The lowest BCUT2D eigenvalue weighted by Crippen LogP contribution is -2.35. The van der Waals surface area contributed by atoms with Crippen molar-refractivity contribution in [1.82, 2.24) is 9.88 Å². The third-order valence-electron chi connectivity index (χ3n) is 6.72. The minimum atomic E-state index is -0.936. The van der Waals surface area contributed by atoms with Crippen LogP contribution in [0.3, 0.4) is 0 Å². The predicted molar refractivity (Wildman–Crippen MR) is 128 cm³/mol. The SMILES string of the molecule is COc1ccc2ncc(F)c(CCCC3(C(=O)O)CCN(C/C=C/c4cc(F)ccc4F)C3)c2c1. The Kier molecular flexibility index (Phi) is 7.40. The minimum Gasteiger partial charge on any atom is -0.497 e. The fourth-order valence-corrected chi connectivity index (χ4v) is 4.76. The van der Waals surface area contributed by atoms with Crippen molar-refractivity contribution in [2.45, 2.75) is 25.7 Å². The van der Waals surface area contributed by atoms with E-state index in [0.29, 0.717) is 67.5 Å². The van der Waals surface area contributed by atoms with Gasteiger partial charge in [0.25, 0.3) is 0 Å². The topological polar surface area (TPSA) is 62.7 Å². The van der Waals surface area contributed by atoms with Crippen LogP contribution < -0.4 is 4.74 Å². The van der Waals surface area contributed by atoms with Gasteiger partial charge in [0.1, 0.15) is 23.2 Å². The van der Waals surface area contributed by atoms with Gasteiger partial charge in [-0.3, -0.25) is 14.7 Å². The van der Waals surface area contributed by atoms with Gasteiger partial charge < -0.3 is 9.84 Å². The molecule has 3 aromatic rings. The molecule has 1 atom stereocenters. The predicted octanol–water partition coefficient (Wildman–Crippen LogP) is 5.47. The zero-order chi connectivity index (χ0) is 25.0. The Labute approximate surface area is 201 Å². The monoisotopic (exact) mass is 484 g/mol. The first-order valence-corrected chi connectivity index (χ1v) is 11.5. The number of fused-ring (bicyclic) bond motifs is 1. The molecule has 5 nitrogen and oxygen atoms in total. The first kappa shape index (κ1) is 24.7. The number of aliphatic carboxylic acids is 1. The number of aryl methyl sites for hydroxylation is 1. The highest BCUT2D eigenvalue weighted by atomic mass is 19.1. The van der Waals surface area contributed by atoms with E-state index in [1.807, 2.05) is 4.90 Å². The van der Waals surface area contributed by atoms with Crippen LogP contribution in [0.2, 0.25) is 0 Å². The average Bonchev–Trinajstić information content (AvgIpc) is 3.27. The van der Waals surface area contributed by atoms with Gasteiger partial charge in [-0.05, 0) is 74.2 Å². The molecule has 184 valence electrons. The van der Waals surface area contributed by atoms with Crippen molar-refractivity contribution in [2.24, 2.45) is 5.41 Å². The Morgan fingerprint density at radius 3 is 2.80 bits per heavy atom. The first-order chi connectivity index (χ1) is 16.8. The summed E-state index contributed by atoms with van der Waals surface area (Å²) in [5.41, 5.74) is 0.375. The van der Waals surface area contributed by atoms with E-state index >= 15 is 0 Å². The zero-order valence-corrected chi connectivity index (χ0v) is 19.4. The molecule has 0 saturated carbocycles. The van der Waals surface area contributed by atoms with E-state index in [9.17, 15) is 23.1 Å². The number of methoxy groups -OCH3 is 1. The van der Waals surface area contributed by atoms with Gasteiger partial charge in [-0.25, -0.2) is 13.2 Å². The van der Waals surface area contributed by atoms with Crippen LogP contribution >= 0.6 is 0 Å². The molecule has 0 aliphatic carbocycles. The average molecular weight is 485 g/mol. The molecule has 1 unspecified atom stereocenters. The number of carboxylic acids is 1. The van der Waals surface area contributed by atoms with E-state index < -0.39 is 28.8 Å². The van der Waals surface area contributed by atoms with Gasteiger partial charge >= 0.3 is 5.97 Å². The largest absolute Gasteiger partial charge is 0.497 e. The number of pyridine rings is 1. The molecule has 2 aromatic carbocycles. The zero-order valence-electron chi connectivity index (χ0n) is 19.4. The summed E-state index contributed by atoms with van der Waals surface area (Å²) in [6, 6.07) is 8.54. The van der Waals surface area contributed by atoms with Crippen LogP contribution in [0.15, 0.2) is 48.7 Å². The normalized spacial score (nSPS) is 18.5. The van der Waals surface area contributed by atoms with Gasteiger partial charge in [0.15, 0.2) is 0 Å². The van der Waals surface area contributed by atoms with Gasteiger partial charge in [-0.2, -0.15) is 0 Å². The molecule has 0 radical (unpaired) electrons. The molecule has 2 heterocycles. The van der Waals surface area contributed by atoms with Gasteiger partial charge in [0, 0.05) is 24.0 Å². The van der Waals surface area contributed by atoms with E-state index in [1.165, 1.54) is 12.3 Å². The lowest BCUT2D eigenvalue weighted by atomic mass is 9.81. The number of aromatic nitrogens is 1. The van der Waals surface area contributed by atoms with Gasteiger partial charge in [0.05, 0.1) is 24.2 Å². The molecule has 1 saturated heterocycles. The second kappa shape index (κ2) is 10.5. The van der Waals surface area contributed by atoms with Crippen LogP contribution in [0.4, 0.5) is 13.2 Å². The summed E-state index contributed by atoms with van der Waals surface area (Å²) in [5.74, 6) is -1.73. The third-order valence-corrected chi connectivity index (χ3v) is 6.72. The van der Waals surface area contributed by atoms with Crippen LogP contribution in [0.25, 0.3) is 17.0 Å². The maximum Gasteiger partial charge on any atom is 0.310 e. The van der Waals surface area contributed by atoms with Crippen LogP contribution in [0, 0.1) is 22.9 Å². The Morgan fingerprint density at radius 1 is 1.20 bits per heavy atom. The van der Waals surface area contributed by atoms with Gasteiger partial charge in [-0.15, -0.1) is 0 Å². The van der Waals surface area contributed by atoms with E-state index in [2.05, 4.69) is 4.98 Å². The lowest BCUT2D eigenvalue weighted by Gasteiger charge is -2.24. The number of carboxylic acid groups (broad SMARTS) is 1. The molecule has 4 rings (SSSR count). The van der Waals surface area contributed by atoms with E-state index in [4.69, 9.17) is 4.74 Å². The molecule has 1 fully saturated rings. The van der Waals surface area contributed by atoms with Crippen molar-refractivity contribution in [2.75, 3.05) is 26.7 Å². The smallest absolute Gasteiger partial charge is 0.310 e. The summed E-state index contributed by atoms with van der Waals surface area (Å²) in [5, 5.41) is 10.7. The van der Waals surface area contributed by atoms with Crippen molar-refractivity contribution in [3.05, 3.63) is 77.2 Å². The number of likely N-dealkylation sites (tertiary alicyclic amines) is 1. The fraction of sp³-hybridized carbons (Fsp3) is 0.333. The number of hydrogen-bond donors (Lipinski definition) is 1. The van der Waals surface area contributed by atoms with E-state index in [1.54, 1.807) is 31.4 Å². The van der Waals surface area contributed by atoms with Crippen molar-refractivity contribution < 1.29 is 27.8 Å². The highest BCUT2D eigenvalue weighted by molar-refractivity contribution is 5.83. The summed E-state index contributed by atoms with van der Waals surface area (Å²) >= 11 is 0. The molecule has 1 aliphatic rings. The minimum absolute atomic E-state index is 0.150. The molecule has 35 heavy (non-hydrogen) atoms. The second-order valence-electron chi connectivity index (χ2n) is 8.96. The number of ether oxygens (including phenoxy) is 1. The number of benzene rings is 2. The molecule has 0 bridgehead atoms. The number of carbonyl (C=O) groups is 1. The van der Waals surface area contributed by atoms with Crippen LogP contribution in [-0.4, -0.2) is 47.7 Å². The summed E-state index contributed by atoms with van der Waals surface area (Å²) in [6.07, 6.45) is 6.16. The molecule has 8 heteroatoms. The molecule has 1 aliphatic heterocycles. The van der Waals surface area contributed by atoms with Crippen molar-refractivity contribution >= 4 is 22.9 Å². The fourth-order valence-electron chi connectivity index (χ4n) is 4.76. The highest BCUT2D eigenvalue weighted by Crippen LogP contribution is 2.37. The van der Waals surface area contributed by atoms with Crippen molar-refractivity contribution in [3.63, 3.8) is 0 Å². The molecule has 0 spiro atoms. The standard InChI is InChI=1S/C27H27F3N2O3/c1-35-20-7-9-25-22(15-20)21(24(30)16-31-25)5-2-10-27(26(33)34)11-13-32(17-27)12-3-4-18-14-19(28)6-8-23(18)29/h3-4,6-9,14-16H,2,5,10-13,17H2,1H3,(H,33,34)/b4-3+. The summed E-state index contributed by atoms with van der Waals surface area (Å²) in [7, 11) is 1.54.